The fourth-order valence-electron chi connectivity index (χ4n) is 3.47. The summed E-state index contributed by atoms with van der Waals surface area (Å²) < 4.78 is 44.1. The van der Waals surface area contributed by atoms with Gasteiger partial charge in [0.1, 0.15) is 6.54 Å². The van der Waals surface area contributed by atoms with Gasteiger partial charge in [0.05, 0.1) is 31.9 Å². The minimum absolute atomic E-state index is 0.0671. The second-order valence-electron chi connectivity index (χ2n) is 7.57. The second-order valence-corrected chi connectivity index (χ2v) is 9.87. The Morgan fingerprint density at radius 1 is 0.943 bits per heavy atom. The number of carbonyl (C=O) groups excluding carboxylic acids is 1. The first-order valence-electron chi connectivity index (χ1n) is 10.6. The van der Waals surface area contributed by atoms with Gasteiger partial charge in [0, 0.05) is 17.1 Å². The van der Waals surface area contributed by atoms with E-state index in [0.29, 0.717) is 27.8 Å². The van der Waals surface area contributed by atoms with E-state index in [-0.39, 0.29) is 17.1 Å². The SMILES string of the molecule is COc1ccc(CNC(=O)CN(c2cccc(Cl)c2)S(=O)(=O)c2ccc(C)cc2)c(OC)c1OC. The zero-order valence-corrected chi connectivity index (χ0v) is 21.4. The smallest absolute Gasteiger partial charge is 0.264 e. The largest absolute Gasteiger partial charge is 0.493 e. The molecule has 0 bridgehead atoms. The summed E-state index contributed by atoms with van der Waals surface area (Å²) in [6, 6.07) is 16.2. The lowest BCUT2D eigenvalue weighted by Crippen LogP contribution is -2.40. The predicted molar refractivity (Wildman–Crippen MR) is 135 cm³/mol. The van der Waals surface area contributed by atoms with Crippen molar-refractivity contribution in [3.63, 3.8) is 0 Å². The summed E-state index contributed by atoms with van der Waals surface area (Å²) in [6.45, 7) is 1.49. The van der Waals surface area contributed by atoms with Crippen molar-refractivity contribution in [2.75, 3.05) is 32.2 Å². The standard InChI is InChI=1S/C25H27ClN2O6S/c1-17-8-11-21(12-9-17)35(30,31)28(20-7-5-6-19(26)14-20)16-23(29)27-15-18-10-13-22(32-2)25(34-4)24(18)33-3/h5-14H,15-16H2,1-4H3,(H,27,29). The molecule has 35 heavy (non-hydrogen) atoms. The van der Waals surface area contributed by atoms with Crippen molar-refractivity contribution < 1.29 is 27.4 Å². The molecule has 1 N–H and O–H groups in total. The van der Waals surface area contributed by atoms with Gasteiger partial charge in [-0.25, -0.2) is 8.42 Å². The lowest BCUT2D eigenvalue weighted by atomic mass is 10.1. The average Bonchev–Trinajstić information content (AvgIpc) is 2.85. The summed E-state index contributed by atoms with van der Waals surface area (Å²) in [4.78, 5) is 13.0. The molecule has 0 fully saturated rings. The van der Waals surface area contributed by atoms with Crippen molar-refractivity contribution in [1.82, 2.24) is 5.32 Å². The number of amides is 1. The molecule has 0 aromatic heterocycles. The van der Waals surface area contributed by atoms with Gasteiger partial charge in [-0.2, -0.15) is 0 Å². The van der Waals surface area contributed by atoms with Crippen molar-refractivity contribution in [3.8, 4) is 17.2 Å². The highest BCUT2D eigenvalue weighted by Gasteiger charge is 2.27. The Bertz CT molecular complexity index is 1300. The minimum atomic E-state index is -4.05. The number of ether oxygens (including phenoxy) is 3. The normalized spacial score (nSPS) is 11.0. The maximum atomic E-state index is 13.5. The van der Waals surface area contributed by atoms with Crippen LogP contribution in [0.25, 0.3) is 0 Å². The summed E-state index contributed by atoms with van der Waals surface area (Å²) in [5, 5.41) is 3.10. The molecule has 0 aliphatic carbocycles. The fourth-order valence-corrected chi connectivity index (χ4v) is 5.06. The highest BCUT2D eigenvalue weighted by molar-refractivity contribution is 7.92. The van der Waals surface area contributed by atoms with Gasteiger partial charge >= 0.3 is 0 Å². The Kier molecular flexibility index (Phi) is 8.48. The lowest BCUT2D eigenvalue weighted by molar-refractivity contribution is -0.119. The number of hydrogen-bond acceptors (Lipinski definition) is 6. The van der Waals surface area contributed by atoms with E-state index in [2.05, 4.69) is 5.32 Å². The Morgan fingerprint density at radius 2 is 1.63 bits per heavy atom. The molecular formula is C25H27ClN2O6S. The molecule has 0 radical (unpaired) electrons. The molecule has 10 heteroatoms. The van der Waals surface area contributed by atoms with E-state index in [1.54, 1.807) is 42.5 Å². The molecule has 0 aliphatic rings. The zero-order chi connectivity index (χ0) is 25.6. The molecule has 1 amide bonds. The number of aryl methyl sites for hydroxylation is 1. The maximum Gasteiger partial charge on any atom is 0.264 e. The van der Waals surface area contributed by atoms with Gasteiger partial charge in [-0.3, -0.25) is 9.10 Å². The van der Waals surface area contributed by atoms with E-state index < -0.39 is 22.5 Å². The van der Waals surface area contributed by atoms with Gasteiger partial charge < -0.3 is 19.5 Å². The lowest BCUT2D eigenvalue weighted by Gasteiger charge is -2.24. The van der Waals surface area contributed by atoms with Gasteiger partial charge in [-0.05, 0) is 49.4 Å². The number of anilines is 1. The number of benzene rings is 3. The third-order valence-electron chi connectivity index (χ3n) is 5.25. The van der Waals surface area contributed by atoms with Crippen LogP contribution in [0.2, 0.25) is 5.02 Å². The number of sulfonamides is 1. The molecule has 0 spiro atoms. The van der Waals surface area contributed by atoms with Crippen molar-refractivity contribution >= 4 is 33.2 Å². The summed E-state index contributed by atoms with van der Waals surface area (Å²) in [5.74, 6) is 0.767. The van der Waals surface area contributed by atoms with Gasteiger partial charge in [-0.15, -0.1) is 0 Å². The van der Waals surface area contributed by atoms with Crippen molar-refractivity contribution in [2.45, 2.75) is 18.4 Å². The zero-order valence-electron chi connectivity index (χ0n) is 19.9. The monoisotopic (exact) mass is 518 g/mol. The van der Waals surface area contributed by atoms with E-state index in [1.807, 2.05) is 6.92 Å². The van der Waals surface area contributed by atoms with Crippen LogP contribution in [0.4, 0.5) is 5.69 Å². The predicted octanol–water partition coefficient (Wildman–Crippen LogP) is 4.19. The van der Waals surface area contributed by atoms with Gasteiger partial charge in [0.25, 0.3) is 10.0 Å². The van der Waals surface area contributed by atoms with E-state index in [9.17, 15) is 13.2 Å². The van der Waals surface area contributed by atoms with E-state index in [0.717, 1.165) is 9.87 Å². The number of hydrogen-bond donors (Lipinski definition) is 1. The van der Waals surface area contributed by atoms with Gasteiger partial charge in [-0.1, -0.05) is 35.4 Å². The highest BCUT2D eigenvalue weighted by atomic mass is 35.5. The van der Waals surface area contributed by atoms with E-state index in [4.69, 9.17) is 25.8 Å². The molecule has 3 rings (SSSR count). The first kappa shape index (κ1) is 26.2. The Balaban J connectivity index is 1.87. The first-order valence-corrected chi connectivity index (χ1v) is 12.4. The van der Waals surface area contributed by atoms with Crippen LogP contribution in [0.15, 0.2) is 65.6 Å². The van der Waals surface area contributed by atoms with Crippen LogP contribution in [0, 0.1) is 6.92 Å². The number of carbonyl (C=O) groups is 1. The van der Waals surface area contributed by atoms with Crippen LogP contribution in [-0.4, -0.2) is 42.2 Å². The fraction of sp³-hybridized carbons (Fsp3) is 0.240. The summed E-state index contributed by atoms with van der Waals surface area (Å²) in [7, 11) is 0.437. The molecular weight excluding hydrogens is 492 g/mol. The second kappa shape index (κ2) is 11.3. The maximum absolute atomic E-state index is 13.5. The molecule has 3 aromatic rings. The number of halogens is 1. The van der Waals surface area contributed by atoms with Crippen molar-refractivity contribution in [1.29, 1.82) is 0 Å². The van der Waals surface area contributed by atoms with Crippen LogP contribution >= 0.6 is 11.6 Å². The number of nitrogens with one attached hydrogen (secondary N) is 1. The molecule has 0 aliphatic heterocycles. The van der Waals surface area contributed by atoms with Crippen LogP contribution in [0.1, 0.15) is 11.1 Å². The van der Waals surface area contributed by atoms with Crippen LogP contribution < -0.4 is 23.8 Å². The van der Waals surface area contributed by atoms with Crippen LogP contribution in [0.3, 0.4) is 0 Å². The average molecular weight is 519 g/mol. The number of methoxy groups -OCH3 is 3. The van der Waals surface area contributed by atoms with Gasteiger partial charge in [0.2, 0.25) is 11.7 Å². The molecule has 186 valence electrons. The summed E-state index contributed by atoms with van der Waals surface area (Å²) in [6.07, 6.45) is 0. The van der Waals surface area contributed by atoms with Crippen LogP contribution in [0.5, 0.6) is 17.2 Å². The molecule has 0 saturated carbocycles. The van der Waals surface area contributed by atoms with Crippen molar-refractivity contribution in [2.24, 2.45) is 0 Å². The topological polar surface area (TPSA) is 94.2 Å². The summed E-state index contributed by atoms with van der Waals surface area (Å²) >= 11 is 6.11. The molecule has 0 saturated heterocycles. The molecule has 0 atom stereocenters. The minimum Gasteiger partial charge on any atom is -0.493 e. The van der Waals surface area contributed by atoms with E-state index >= 15 is 0 Å². The first-order chi connectivity index (χ1) is 16.7. The summed E-state index contributed by atoms with van der Waals surface area (Å²) in [5.41, 5.74) is 1.82. The molecule has 8 nitrogen and oxygen atoms in total. The quantitative estimate of drug-likeness (QED) is 0.432. The third kappa shape index (κ3) is 5.98. The molecule has 0 unspecified atom stereocenters. The Morgan fingerprint density at radius 3 is 2.23 bits per heavy atom. The Hall–Kier alpha value is -3.43. The van der Waals surface area contributed by atoms with Crippen LogP contribution in [-0.2, 0) is 21.4 Å². The number of rotatable bonds is 10. The van der Waals surface area contributed by atoms with Crippen molar-refractivity contribution in [3.05, 3.63) is 76.8 Å². The van der Waals surface area contributed by atoms with E-state index in [1.165, 1.54) is 39.5 Å². The molecule has 0 heterocycles. The Labute approximate surface area is 210 Å². The third-order valence-corrected chi connectivity index (χ3v) is 7.28. The molecule has 3 aromatic carbocycles. The number of nitrogens with zero attached hydrogens (tertiary/aromatic N) is 1. The highest BCUT2D eigenvalue weighted by Crippen LogP contribution is 2.39. The van der Waals surface area contributed by atoms with Gasteiger partial charge in [0.15, 0.2) is 11.5 Å².